The van der Waals surface area contributed by atoms with Crippen molar-refractivity contribution in [2.24, 2.45) is 0 Å². The number of carbonyl (C=O) groups excluding carboxylic acids is 1. The molecule has 17 heavy (non-hydrogen) atoms. The highest BCUT2D eigenvalue weighted by Gasteiger charge is 2.32. The van der Waals surface area contributed by atoms with E-state index in [1.54, 1.807) is 0 Å². The number of hydrogen-bond donors (Lipinski definition) is 0. The zero-order valence-corrected chi connectivity index (χ0v) is 10.2. The Kier molecular flexibility index (Phi) is 3.66. The minimum Gasteiger partial charge on any atom is -0.296 e. The molecule has 0 amide bonds. The van der Waals surface area contributed by atoms with Gasteiger partial charge in [-0.2, -0.15) is 8.78 Å². The van der Waals surface area contributed by atoms with E-state index in [1.807, 2.05) is 0 Å². The first-order chi connectivity index (χ1) is 7.71. The number of carbonyl (C=O) groups is 1. The van der Waals surface area contributed by atoms with Crippen molar-refractivity contribution in [2.75, 3.05) is 0 Å². The fraction of sp³-hybridized carbons (Fsp3) is 0.364. The molecule has 0 heterocycles. The molecule has 0 fully saturated rings. The Labute approximate surface area is 98.4 Å². The first kappa shape index (κ1) is 13.8. The van der Waals surface area contributed by atoms with Crippen molar-refractivity contribution < 1.29 is 22.0 Å². The normalized spacial score (nSPS) is 12.8. The third-order valence-corrected chi connectivity index (χ3v) is 4.47. The summed E-state index contributed by atoms with van der Waals surface area (Å²) in [6, 6.07) is 4.29. The van der Waals surface area contributed by atoms with E-state index in [2.05, 4.69) is 0 Å². The molecule has 1 aromatic rings. The fourth-order valence-electron chi connectivity index (χ4n) is 1.22. The molecule has 0 spiro atoms. The van der Waals surface area contributed by atoms with Gasteiger partial charge in [-0.3, -0.25) is 4.79 Å². The van der Waals surface area contributed by atoms with Crippen molar-refractivity contribution in [3.63, 3.8) is 0 Å². The quantitative estimate of drug-likeness (QED) is 0.781. The van der Waals surface area contributed by atoms with Crippen molar-refractivity contribution in [2.45, 2.75) is 29.9 Å². The molecular weight excluding hydrogens is 250 g/mol. The first-order valence-electron chi connectivity index (χ1n) is 4.90. The maximum atomic E-state index is 13.1. The molecule has 0 N–H and O–H groups in total. The summed E-state index contributed by atoms with van der Waals surface area (Å²) in [5.74, 6) is -3.66. The lowest BCUT2D eigenvalue weighted by molar-refractivity contribution is -0.130. The number of halogens is 2. The topological polar surface area (TPSA) is 51.2 Å². The molecule has 0 saturated heterocycles. The molecule has 3 nitrogen and oxygen atoms in total. The molecule has 1 aromatic carbocycles. The molecule has 94 valence electrons. The summed E-state index contributed by atoms with van der Waals surface area (Å²) in [6.45, 7) is 2.92. The van der Waals surface area contributed by atoms with Crippen molar-refractivity contribution in [1.29, 1.82) is 0 Å². The second kappa shape index (κ2) is 4.52. The fourth-order valence-corrected chi connectivity index (χ4v) is 2.32. The van der Waals surface area contributed by atoms with Crippen LogP contribution < -0.4 is 0 Å². The van der Waals surface area contributed by atoms with E-state index in [-0.39, 0.29) is 4.90 Å². The number of benzene rings is 1. The Morgan fingerprint density at radius 2 is 1.88 bits per heavy atom. The average Bonchev–Trinajstić information content (AvgIpc) is 2.29. The van der Waals surface area contributed by atoms with Gasteiger partial charge in [-0.15, -0.1) is 0 Å². The Morgan fingerprint density at radius 1 is 1.29 bits per heavy atom. The Balaban J connectivity index is 3.34. The van der Waals surface area contributed by atoms with Crippen molar-refractivity contribution in [3.05, 3.63) is 29.8 Å². The van der Waals surface area contributed by atoms with Crippen molar-refractivity contribution in [1.82, 2.24) is 0 Å². The van der Waals surface area contributed by atoms with E-state index in [9.17, 15) is 22.0 Å². The summed E-state index contributed by atoms with van der Waals surface area (Å²) < 4.78 is 49.7. The molecule has 0 aliphatic rings. The summed E-state index contributed by atoms with van der Waals surface area (Å²) in [5.41, 5.74) is -0.616. The van der Waals surface area contributed by atoms with Gasteiger partial charge in [-0.25, -0.2) is 8.42 Å². The summed E-state index contributed by atoms with van der Waals surface area (Å²) in [5, 5.41) is -0.706. The lowest BCUT2D eigenvalue weighted by Crippen LogP contribution is -2.18. The van der Waals surface area contributed by atoms with Crippen LogP contribution in [0.2, 0.25) is 0 Å². The van der Waals surface area contributed by atoms with Gasteiger partial charge in [0, 0.05) is 5.56 Å². The molecular formula is C11H12F2O3S. The summed E-state index contributed by atoms with van der Waals surface area (Å²) >= 11 is 0. The van der Waals surface area contributed by atoms with Crippen LogP contribution in [0.4, 0.5) is 8.78 Å². The van der Waals surface area contributed by atoms with Gasteiger partial charge in [0.15, 0.2) is 16.1 Å². The maximum Gasteiger partial charge on any atom is 0.327 e. The van der Waals surface area contributed by atoms with E-state index < -0.39 is 32.9 Å². The highest BCUT2D eigenvalue weighted by molar-refractivity contribution is 7.92. The van der Waals surface area contributed by atoms with E-state index in [4.69, 9.17) is 0 Å². The second-order valence-electron chi connectivity index (χ2n) is 3.86. The van der Waals surface area contributed by atoms with E-state index in [0.29, 0.717) is 0 Å². The van der Waals surface area contributed by atoms with Gasteiger partial charge in [0.2, 0.25) is 0 Å². The standard InChI is InChI=1S/C11H12F2O3S/c1-8(2)17(15,16)10-5-3-4-9(6-10)11(12,13)7-14/h3-8H,1-2H3. The SMILES string of the molecule is CC(C)S(=O)(=O)c1cccc(C(F)(F)C=O)c1. The Morgan fingerprint density at radius 3 is 2.35 bits per heavy atom. The van der Waals surface area contributed by atoms with Crippen LogP contribution in [-0.4, -0.2) is 20.0 Å². The molecule has 0 unspecified atom stereocenters. The van der Waals surface area contributed by atoms with Gasteiger partial charge in [0.1, 0.15) is 0 Å². The second-order valence-corrected chi connectivity index (χ2v) is 6.37. The summed E-state index contributed by atoms with van der Waals surface area (Å²) in [4.78, 5) is 10.0. The van der Waals surface area contributed by atoms with Gasteiger partial charge >= 0.3 is 5.92 Å². The highest BCUT2D eigenvalue weighted by Crippen LogP contribution is 2.28. The molecule has 0 radical (unpaired) electrons. The lowest BCUT2D eigenvalue weighted by Gasteiger charge is -2.12. The third-order valence-electron chi connectivity index (χ3n) is 2.32. The predicted molar refractivity (Wildman–Crippen MR) is 58.7 cm³/mol. The van der Waals surface area contributed by atoms with Crippen LogP contribution >= 0.6 is 0 Å². The van der Waals surface area contributed by atoms with Crippen LogP contribution in [0.1, 0.15) is 19.4 Å². The van der Waals surface area contributed by atoms with Crippen LogP contribution in [0.3, 0.4) is 0 Å². The minimum atomic E-state index is -3.66. The Bertz CT molecular complexity index is 521. The number of alkyl halides is 2. The summed E-state index contributed by atoms with van der Waals surface area (Å²) in [7, 11) is -3.62. The maximum absolute atomic E-state index is 13.1. The first-order valence-corrected chi connectivity index (χ1v) is 6.45. The van der Waals surface area contributed by atoms with E-state index in [1.165, 1.54) is 26.0 Å². The number of sulfone groups is 1. The van der Waals surface area contributed by atoms with Crippen LogP contribution in [0.5, 0.6) is 0 Å². The summed E-state index contributed by atoms with van der Waals surface area (Å²) in [6.07, 6.45) is -0.506. The van der Waals surface area contributed by atoms with Crippen LogP contribution in [0.15, 0.2) is 29.2 Å². The molecule has 0 aliphatic carbocycles. The van der Waals surface area contributed by atoms with Crippen molar-refractivity contribution in [3.8, 4) is 0 Å². The van der Waals surface area contributed by atoms with Crippen LogP contribution in [0.25, 0.3) is 0 Å². The average molecular weight is 262 g/mol. The number of hydrogen-bond acceptors (Lipinski definition) is 3. The predicted octanol–water partition coefficient (Wildman–Crippen LogP) is 2.16. The van der Waals surface area contributed by atoms with Gasteiger partial charge in [0.05, 0.1) is 10.1 Å². The zero-order valence-electron chi connectivity index (χ0n) is 9.35. The van der Waals surface area contributed by atoms with Crippen molar-refractivity contribution >= 4 is 16.1 Å². The molecule has 0 aliphatic heterocycles. The van der Waals surface area contributed by atoms with Gasteiger partial charge in [-0.05, 0) is 26.0 Å². The lowest BCUT2D eigenvalue weighted by atomic mass is 10.1. The smallest absolute Gasteiger partial charge is 0.296 e. The van der Waals surface area contributed by atoms with E-state index in [0.717, 1.165) is 12.1 Å². The Hall–Kier alpha value is -1.30. The molecule has 0 aromatic heterocycles. The monoisotopic (exact) mass is 262 g/mol. The number of rotatable bonds is 4. The van der Waals surface area contributed by atoms with Crippen LogP contribution in [0, 0.1) is 0 Å². The van der Waals surface area contributed by atoms with Gasteiger partial charge < -0.3 is 0 Å². The van der Waals surface area contributed by atoms with Gasteiger partial charge in [0.25, 0.3) is 0 Å². The number of aldehydes is 1. The molecule has 6 heteroatoms. The van der Waals surface area contributed by atoms with Gasteiger partial charge in [-0.1, -0.05) is 12.1 Å². The molecule has 0 bridgehead atoms. The van der Waals surface area contributed by atoms with E-state index >= 15 is 0 Å². The molecule has 1 rings (SSSR count). The largest absolute Gasteiger partial charge is 0.327 e. The third kappa shape index (κ3) is 2.69. The van der Waals surface area contributed by atoms with Crippen LogP contribution in [-0.2, 0) is 20.6 Å². The molecule has 0 atom stereocenters. The zero-order chi connectivity index (χ0) is 13.3. The highest BCUT2D eigenvalue weighted by atomic mass is 32.2. The molecule has 0 saturated carbocycles. The minimum absolute atomic E-state index is 0.202.